The molecule has 0 atom stereocenters. The van der Waals surface area contributed by atoms with Crippen molar-refractivity contribution in [1.29, 1.82) is 0 Å². The first kappa shape index (κ1) is 12.8. The van der Waals surface area contributed by atoms with Crippen molar-refractivity contribution in [2.24, 2.45) is 0 Å². The quantitative estimate of drug-likeness (QED) is 0.827. The summed E-state index contributed by atoms with van der Waals surface area (Å²) in [5.41, 5.74) is 1.95. The first-order chi connectivity index (χ1) is 8.79. The molecule has 0 saturated heterocycles. The van der Waals surface area contributed by atoms with E-state index in [9.17, 15) is 0 Å². The van der Waals surface area contributed by atoms with Gasteiger partial charge in [-0.05, 0) is 18.6 Å². The number of hydrogen-bond donors (Lipinski definition) is 1. The molecule has 1 N–H and O–H groups in total. The SMILES string of the molecule is CCCCNc1cc(-c2ccc(Cl)cc2)ncn1. The van der Waals surface area contributed by atoms with Crippen LogP contribution in [0.15, 0.2) is 36.7 Å². The molecule has 94 valence electrons. The molecule has 1 heterocycles. The van der Waals surface area contributed by atoms with Crippen molar-refractivity contribution < 1.29 is 0 Å². The summed E-state index contributed by atoms with van der Waals surface area (Å²) in [7, 11) is 0. The summed E-state index contributed by atoms with van der Waals surface area (Å²) >= 11 is 5.87. The summed E-state index contributed by atoms with van der Waals surface area (Å²) < 4.78 is 0. The van der Waals surface area contributed by atoms with Gasteiger partial charge in [0.2, 0.25) is 0 Å². The minimum absolute atomic E-state index is 0.731. The van der Waals surface area contributed by atoms with Crippen molar-refractivity contribution in [2.45, 2.75) is 19.8 Å². The molecule has 0 aliphatic rings. The number of aromatic nitrogens is 2. The smallest absolute Gasteiger partial charge is 0.129 e. The van der Waals surface area contributed by atoms with Crippen molar-refractivity contribution in [2.75, 3.05) is 11.9 Å². The molecule has 0 amide bonds. The number of nitrogens with one attached hydrogen (secondary N) is 1. The molecule has 0 bridgehead atoms. The summed E-state index contributed by atoms with van der Waals surface area (Å²) in [6, 6.07) is 9.60. The lowest BCUT2D eigenvalue weighted by Crippen LogP contribution is -2.03. The van der Waals surface area contributed by atoms with Gasteiger partial charge in [-0.3, -0.25) is 0 Å². The van der Waals surface area contributed by atoms with E-state index in [0.29, 0.717) is 0 Å². The Balaban J connectivity index is 2.13. The van der Waals surface area contributed by atoms with E-state index in [2.05, 4.69) is 22.2 Å². The van der Waals surface area contributed by atoms with E-state index in [0.717, 1.165) is 35.1 Å². The highest BCUT2D eigenvalue weighted by atomic mass is 35.5. The van der Waals surface area contributed by atoms with E-state index < -0.39 is 0 Å². The summed E-state index contributed by atoms with van der Waals surface area (Å²) in [6.45, 7) is 3.11. The number of halogens is 1. The van der Waals surface area contributed by atoms with Crippen LogP contribution in [0.4, 0.5) is 5.82 Å². The lowest BCUT2D eigenvalue weighted by Gasteiger charge is -2.06. The van der Waals surface area contributed by atoms with E-state index >= 15 is 0 Å². The molecule has 0 fully saturated rings. The van der Waals surface area contributed by atoms with Gasteiger partial charge in [0.1, 0.15) is 12.1 Å². The van der Waals surface area contributed by atoms with Crippen LogP contribution in [0.25, 0.3) is 11.3 Å². The van der Waals surface area contributed by atoms with Gasteiger partial charge in [0, 0.05) is 23.2 Å². The second-order valence-electron chi connectivity index (χ2n) is 4.08. The highest BCUT2D eigenvalue weighted by Gasteiger charge is 2.01. The van der Waals surface area contributed by atoms with Gasteiger partial charge in [-0.15, -0.1) is 0 Å². The molecule has 2 rings (SSSR count). The summed E-state index contributed by atoms with van der Waals surface area (Å²) in [4.78, 5) is 8.48. The van der Waals surface area contributed by atoms with E-state index in [1.807, 2.05) is 30.3 Å². The number of unbranched alkanes of at least 4 members (excludes halogenated alkanes) is 1. The second-order valence-corrected chi connectivity index (χ2v) is 4.51. The third kappa shape index (κ3) is 3.44. The average molecular weight is 262 g/mol. The van der Waals surface area contributed by atoms with Crippen molar-refractivity contribution in [3.8, 4) is 11.3 Å². The Kier molecular flexibility index (Phi) is 4.53. The van der Waals surface area contributed by atoms with Crippen LogP contribution < -0.4 is 5.32 Å². The van der Waals surface area contributed by atoms with Crippen LogP contribution in [0.5, 0.6) is 0 Å². The fourth-order valence-electron chi connectivity index (χ4n) is 1.63. The van der Waals surface area contributed by atoms with Gasteiger partial charge in [0.25, 0.3) is 0 Å². The zero-order valence-electron chi connectivity index (χ0n) is 10.4. The fraction of sp³-hybridized carbons (Fsp3) is 0.286. The number of benzene rings is 1. The molecule has 0 saturated carbocycles. The lowest BCUT2D eigenvalue weighted by molar-refractivity contribution is 0.830. The molecule has 4 heteroatoms. The lowest BCUT2D eigenvalue weighted by atomic mass is 10.1. The number of anilines is 1. The zero-order valence-corrected chi connectivity index (χ0v) is 11.1. The average Bonchev–Trinajstić information content (AvgIpc) is 2.40. The van der Waals surface area contributed by atoms with E-state index in [1.54, 1.807) is 6.33 Å². The van der Waals surface area contributed by atoms with Crippen molar-refractivity contribution in [3.05, 3.63) is 41.7 Å². The Morgan fingerprint density at radius 2 is 1.94 bits per heavy atom. The summed E-state index contributed by atoms with van der Waals surface area (Å²) in [5.74, 6) is 0.864. The molecule has 0 spiro atoms. The maximum atomic E-state index is 5.87. The topological polar surface area (TPSA) is 37.8 Å². The molecular weight excluding hydrogens is 246 g/mol. The van der Waals surface area contributed by atoms with E-state index in [4.69, 9.17) is 11.6 Å². The zero-order chi connectivity index (χ0) is 12.8. The highest BCUT2D eigenvalue weighted by Crippen LogP contribution is 2.20. The Labute approximate surface area is 112 Å². The monoisotopic (exact) mass is 261 g/mol. The van der Waals surface area contributed by atoms with Crippen LogP contribution in [0.3, 0.4) is 0 Å². The van der Waals surface area contributed by atoms with Crippen LogP contribution >= 0.6 is 11.6 Å². The van der Waals surface area contributed by atoms with Gasteiger partial charge in [-0.25, -0.2) is 9.97 Å². The van der Waals surface area contributed by atoms with Crippen LogP contribution in [0, 0.1) is 0 Å². The van der Waals surface area contributed by atoms with Gasteiger partial charge in [0.15, 0.2) is 0 Å². The Morgan fingerprint density at radius 3 is 2.67 bits per heavy atom. The molecular formula is C14H16ClN3. The van der Waals surface area contributed by atoms with Gasteiger partial charge in [0.05, 0.1) is 5.69 Å². The van der Waals surface area contributed by atoms with Crippen LogP contribution in [-0.4, -0.2) is 16.5 Å². The Morgan fingerprint density at radius 1 is 1.17 bits per heavy atom. The van der Waals surface area contributed by atoms with Crippen LogP contribution in [0.2, 0.25) is 5.02 Å². The molecule has 3 nitrogen and oxygen atoms in total. The van der Waals surface area contributed by atoms with Crippen molar-refractivity contribution in [1.82, 2.24) is 9.97 Å². The fourth-order valence-corrected chi connectivity index (χ4v) is 1.75. The number of nitrogens with zero attached hydrogens (tertiary/aromatic N) is 2. The number of hydrogen-bond acceptors (Lipinski definition) is 3. The van der Waals surface area contributed by atoms with Gasteiger partial charge in [-0.1, -0.05) is 37.1 Å². The third-order valence-corrected chi connectivity index (χ3v) is 2.90. The van der Waals surface area contributed by atoms with Crippen molar-refractivity contribution >= 4 is 17.4 Å². The van der Waals surface area contributed by atoms with Gasteiger partial charge >= 0.3 is 0 Å². The minimum Gasteiger partial charge on any atom is -0.370 e. The predicted molar refractivity (Wildman–Crippen MR) is 75.9 cm³/mol. The summed E-state index contributed by atoms with van der Waals surface area (Å²) in [6.07, 6.45) is 3.89. The molecule has 0 aliphatic carbocycles. The van der Waals surface area contributed by atoms with Gasteiger partial charge < -0.3 is 5.32 Å². The molecule has 1 aromatic carbocycles. The Hall–Kier alpha value is -1.61. The molecule has 0 unspecified atom stereocenters. The highest BCUT2D eigenvalue weighted by molar-refractivity contribution is 6.30. The van der Waals surface area contributed by atoms with Gasteiger partial charge in [-0.2, -0.15) is 0 Å². The standard InChI is InChI=1S/C14H16ClN3/c1-2-3-8-16-14-9-13(17-10-18-14)11-4-6-12(15)7-5-11/h4-7,9-10H,2-3,8H2,1H3,(H,16,17,18). The minimum atomic E-state index is 0.731. The molecule has 0 aliphatic heterocycles. The molecule has 2 aromatic rings. The predicted octanol–water partition coefficient (Wildman–Crippen LogP) is 4.01. The maximum absolute atomic E-state index is 5.87. The van der Waals surface area contributed by atoms with E-state index in [-0.39, 0.29) is 0 Å². The maximum Gasteiger partial charge on any atom is 0.129 e. The Bertz CT molecular complexity index is 497. The first-order valence-corrected chi connectivity index (χ1v) is 6.49. The van der Waals surface area contributed by atoms with Crippen LogP contribution in [0.1, 0.15) is 19.8 Å². The third-order valence-electron chi connectivity index (χ3n) is 2.64. The largest absolute Gasteiger partial charge is 0.370 e. The molecule has 0 radical (unpaired) electrons. The summed E-state index contributed by atoms with van der Waals surface area (Å²) in [5, 5.41) is 4.02. The first-order valence-electron chi connectivity index (χ1n) is 6.11. The van der Waals surface area contributed by atoms with Crippen molar-refractivity contribution in [3.63, 3.8) is 0 Å². The second kappa shape index (κ2) is 6.36. The van der Waals surface area contributed by atoms with E-state index in [1.165, 1.54) is 6.42 Å². The molecule has 18 heavy (non-hydrogen) atoms. The normalized spacial score (nSPS) is 10.3. The molecule has 1 aromatic heterocycles. The number of rotatable bonds is 5. The van der Waals surface area contributed by atoms with Crippen LogP contribution in [-0.2, 0) is 0 Å².